The van der Waals surface area contributed by atoms with Gasteiger partial charge in [-0.15, -0.1) is 0 Å². The highest BCUT2D eigenvalue weighted by Crippen LogP contribution is 2.11. The minimum atomic E-state index is -0.741. The Bertz CT molecular complexity index is 805. The van der Waals surface area contributed by atoms with E-state index in [1.165, 1.54) is 58.5 Å². The Morgan fingerprint density at radius 1 is 0.614 bits per heavy atom. The van der Waals surface area contributed by atoms with E-state index in [-0.39, 0.29) is 42.6 Å². The molecule has 10 nitrogen and oxygen atoms in total. The van der Waals surface area contributed by atoms with Gasteiger partial charge < -0.3 is 26.0 Å². The molecule has 0 aliphatic carbocycles. The normalized spacial score (nSPS) is 12.3. The third-order valence-corrected chi connectivity index (χ3v) is 7.76. The molecule has 0 rings (SSSR count). The van der Waals surface area contributed by atoms with Gasteiger partial charge in [-0.1, -0.05) is 105 Å². The van der Waals surface area contributed by atoms with Crippen LogP contribution in [-0.2, 0) is 28.7 Å². The summed E-state index contributed by atoms with van der Waals surface area (Å²) in [6.07, 6.45) is 17.6. The molecule has 0 aromatic rings. The van der Waals surface area contributed by atoms with Crippen molar-refractivity contribution in [2.75, 3.05) is 20.2 Å². The monoisotopic (exact) mass is 624 g/mol. The van der Waals surface area contributed by atoms with Gasteiger partial charge in [0.15, 0.2) is 0 Å². The van der Waals surface area contributed by atoms with Crippen molar-refractivity contribution < 1.29 is 28.7 Å². The van der Waals surface area contributed by atoms with E-state index in [9.17, 15) is 24.0 Å². The first-order valence-corrected chi connectivity index (χ1v) is 17.3. The lowest BCUT2D eigenvalue weighted by Gasteiger charge is -2.22. The SMILES string of the molecule is CCCCCCCCCC(=O)NCC(=O)NC(C(=O)NCCCC(CC(=O)OC)NC(=O)CCCCCCCCC)C(C)C. The Hall–Kier alpha value is -2.65. The number of methoxy groups -OCH3 is 1. The molecule has 4 amide bonds. The van der Waals surface area contributed by atoms with Gasteiger partial charge in [-0.25, -0.2) is 0 Å². The summed E-state index contributed by atoms with van der Waals surface area (Å²) in [5.41, 5.74) is 0. The minimum Gasteiger partial charge on any atom is -0.469 e. The highest BCUT2D eigenvalue weighted by Gasteiger charge is 2.24. The number of rotatable bonds is 28. The van der Waals surface area contributed by atoms with Crippen LogP contribution in [0.2, 0.25) is 0 Å². The van der Waals surface area contributed by atoms with Gasteiger partial charge in [0.05, 0.1) is 20.1 Å². The molecule has 0 bridgehead atoms. The van der Waals surface area contributed by atoms with E-state index in [0.717, 1.165) is 38.5 Å². The zero-order chi connectivity index (χ0) is 33.0. The molecule has 4 N–H and O–H groups in total. The first-order valence-electron chi connectivity index (χ1n) is 17.3. The van der Waals surface area contributed by atoms with Crippen molar-refractivity contribution in [2.45, 2.75) is 162 Å². The van der Waals surface area contributed by atoms with Crippen molar-refractivity contribution in [3.05, 3.63) is 0 Å². The maximum Gasteiger partial charge on any atom is 0.307 e. The van der Waals surface area contributed by atoms with E-state index < -0.39 is 17.9 Å². The maximum atomic E-state index is 12.8. The Kier molecular flexibility index (Phi) is 26.2. The highest BCUT2D eigenvalue weighted by molar-refractivity contribution is 5.90. The lowest BCUT2D eigenvalue weighted by molar-refractivity contribution is -0.141. The maximum absolute atomic E-state index is 12.8. The van der Waals surface area contributed by atoms with E-state index in [0.29, 0.717) is 32.2 Å². The zero-order valence-electron chi connectivity index (χ0n) is 28.5. The van der Waals surface area contributed by atoms with E-state index >= 15 is 0 Å². The second kappa shape index (κ2) is 27.9. The fraction of sp³-hybridized carbons (Fsp3) is 0.853. The smallest absolute Gasteiger partial charge is 0.307 e. The van der Waals surface area contributed by atoms with Crippen LogP contribution in [0.15, 0.2) is 0 Å². The van der Waals surface area contributed by atoms with Crippen LogP contribution in [0, 0.1) is 5.92 Å². The first kappa shape index (κ1) is 41.4. The Morgan fingerprint density at radius 2 is 1.14 bits per heavy atom. The summed E-state index contributed by atoms with van der Waals surface area (Å²) >= 11 is 0. The molecule has 0 fully saturated rings. The standard InChI is InChI=1S/C34H64N4O6/c1-6-8-10-12-14-16-18-22-29(39)36-26-31(41)38-33(27(3)4)34(43)35-24-20-21-28(25-32(42)44-5)37-30(40)23-19-17-15-13-11-9-7-2/h27-28,33H,6-26H2,1-5H3,(H,35,43)(H,36,39)(H,37,40)(H,38,41). The summed E-state index contributed by atoms with van der Waals surface area (Å²) in [5, 5.41) is 11.2. The van der Waals surface area contributed by atoms with Gasteiger partial charge in [-0.3, -0.25) is 24.0 Å². The van der Waals surface area contributed by atoms with Crippen LogP contribution in [-0.4, -0.2) is 61.9 Å². The Morgan fingerprint density at radius 3 is 1.66 bits per heavy atom. The summed E-state index contributed by atoms with van der Waals surface area (Å²) in [7, 11) is 1.32. The van der Waals surface area contributed by atoms with Crippen molar-refractivity contribution in [1.82, 2.24) is 21.3 Å². The van der Waals surface area contributed by atoms with Crippen LogP contribution in [0.3, 0.4) is 0 Å². The zero-order valence-corrected chi connectivity index (χ0v) is 28.5. The summed E-state index contributed by atoms with van der Waals surface area (Å²) in [6.45, 7) is 8.23. The van der Waals surface area contributed by atoms with E-state index in [1.807, 2.05) is 13.8 Å². The molecule has 2 unspecified atom stereocenters. The quantitative estimate of drug-likeness (QED) is 0.0672. The molecule has 0 aromatic heterocycles. The van der Waals surface area contributed by atoms with Gasteiger partial charge in [0.25, 0.3) is 0 Å². The molecule has 0 heterocycles. The third-order valence-electron chi connectivity index (χ3n) is 7.76. The van der Waals surface area contributed by atoms with Crippen LogP contribution >= 0.6 is 0 Å². The summed E-state index contributed by atoms with van der Waals surface area (Å²) in [6, 6.07) is -1.11. The second-order valence-corrected chi connectivity index (χ2v) is 12.3. The molecule has 0 radical (unpaired) electrons. The van der Waals surface area contributed by atoms with Crippen LogP contribution in [0.5, 0.6) is 0 Å². The van der Waals surface area contributed by atoms with Gasteiger partial charge in [0.1, 0.15) is 6.04 Å². The molecule has 0 aliphatic heterocycles. The van der Waals surface area contributed by atoms with Gasteiger partial charge in [0, 0.05) is 25.4 Å². The average molecular weight is 625 g/mol. The van der Waals surface area contributed by atoms with Crippen LogP contribution in [0.25, 0.3) is 0 Å². The van der Waals surface area contributed by atoms with Crippen LogP contribution in [0.4, 0.5) is 0 Å². The summed E-state index contributed by atoms with van der Waals surface area (Å²) in [5.74, 6) is -1.50. The number of carbonyl (C=O) groups is 5. The molecule has 0 aliphatic rings. The Balaban J connectivity index is 4.46. The third kappa shape index (κ3) is 23.8. The number of hydrogen-bond donors (Lipinski definition) is 4. The van der Waals surface area contributed by atoms with Crippen molar-refractivity contribution in [1.29, 1.82) is 0 Å². The van der Waals surface area contributed by atoms with Crippen molar-refractivity contribution in [3.8, 4) is 0 Å². The topological polar surface area (TPSA) is 143 Å². The largest absolute Gasteiger partial charge is 0.469 e. The molecule has 256 valence electrons. The highest BCUT2D eigenvalue weighted by atomic mass is 16.5. The number of amides is 4. The van der Waals surface area contributed by atoms with Crippen LogP contribution < -0.4 is 21.3 Å². The molecule has 0 spiro atoms. The molecule has 0 aromatic carbocycles. The predicted molar refractivity (Wildman–Crippen MR) is 176 cm³/mol. The molecule has 44 heavy (non-hydrogen) atoms. The summed E-state index contributed by atoms with van der Waals surface area (Å²) in [4.78, 5) is 61.8. The molecule has 2 atom stereocenters. The molecule has 0 saturated carbocycles. The number of carbonyl (C=O) groups excluding carboxylic acids is 5. The molecular weight excluding hydrogens is 560 g/mol. The fourth-order valence-electron chi connectivity index (χ4n) is 4.99. The molecule has 10 heteroatoms. The predicted octanol–water partition coefficient (Wildman–Crippen LogP) is 5.47. The number of unbranched alkanes of at least 4 members (excludes halogenated alkanes) is 12. The average Bonchev–Trinajstić information content (AvgIpc) is 2.99. The van der Waals surface area contributed by atoms with E-state index in [4.69, 9.17) is 4.74 Å². The number of ether oxygens (including phenoxy) is 1. The van der Waals surface area contributed by atoms with Crippen molar-refractivity contribution in [3.63, 3.8) is 0 Å². The number of nitrogens with one attached hydrogen (secondary N) is 4. The minimum absolute atomic E-state index is 0.0720. The molecular formula is C34H64N4O6. The lowest BCUT2D eigenvalue weighted by atomic mass is 10.0. The van der Waals surface area contributed by atoms with Gasteiger partial charge >= 0.3 is 5.97 Å². The van der Waals surface area contributed by atoms with Gasteiger partial charge in [0.2, 0.25) is 23.6 Å². The van der Waals surface area contributed by atoms with Crippen molar-refractivity contribution in [2.24, 2.45) is 5.92 Å². The van der Waals surface area contributed by atoms with Crippen molar-refractivity contribution >= 4 is 29.6 Å². The fourth-order valence-corrected chi connectivity index (χ4v) is 4.99. The van der Waals surface area contributed by atoms with E-state index in [1.54, 1.807) is 0 Å². The first-order chi connectivity index (χ1) is 21.1. The Labute approximate surface area is 267 Å². The van der Waals surface area contributed by atoms with Gasteiger partial charge in [-0.2, -0.15) is 0 Å². The second-order valence-electron chi connectivity index (χ2n) is 12.3. The molecule has 0 saturated heterocycles. The summed E-state index contributed by atoms with van der Waals surface area (Å²) < 4.78 is 4.80. The number of esters is 1. The lowest BCUT2D eigenvalue weighted by Crippen LogP contribution is -2.52. The van der Waals surface area contributed by atoms with E-state index in [2.05, 4.69) is 35.1 Å². The van der Waals surface area contributed by atoms with Crippen LogP contribution in [0.1, 0.15) is 150 Å². The number of hydrogen-bond acceptors (Lipinski definition) is 6. The van der Waals surface area contributed by atoms with Gasteiger partial charge in [-0.05, 0) is 31.6 Å².